The summed E-state index contributed by atoms with van der Waals surface area (Å²) >= 11 is 5.87. The van der Waals surface area contributed by atoms with E-state index >= 15 is 0 Å². The van der Waals surface area contributed by atoms with E-state index in [0.29, 0.717) is 23.0 Å². The molecule has 1 aromatic heterocycles. The predicted octanol–water partition coefficient (Wildman–Crippen LogP) is 3.54. The fourth-order valence-corrected chi connectivity index (χ4v) is 1.88. The van der Waals surface area contributed by atoms with Crippen LogP contribution in [0.3, 0.4) is 0 Å². The van der Waals surface area contributed by atoms with Crippen molar-refractivity contribution in [3.8, 4) is 0 Å². The van der Waals surface area contributed by atoms with Crippen molar-refractivity contribution >= 4 is 17.4 Å². The Kier molecular flexibility index (Phi) is 3.82. The van der Waals surface area contributed by atoms with Crippen molar-refractivity contribution in [1.82, 2.24) is 9.78 Å². The van der Waals surface area contributed by atoms with Crippen molar-refractivity contribution < 1.29 is 4.79 Å². The van der Waals surface area contributed by atoms with Crippen LogP contribution >= 0.6 is 11.6 Å². The van der Waals surface area contributed by atoms with Gasteiger partial charge in [0.2, 0.25) is 0 Å². The quantitative estimate of drug-likeness (QED) is 0.790. The first-order valence-corrected chi connectivity index (χ1v) is 6.27. The van der Waals surface area contributed by atoms with Gasteiger partial charge in [0.25, 0.3) is 0 Å². The number of rotatable bonds is 4. The molecule has 2 rings (SSSR count). The van der Waals surface area contributed by atoms with Gasteiger partial charge in [0, 0.05) is 22.8 Å². The molecule has 4 heteroatoms. The minimum absolute atomic E-state index is 0.0338. The van der Waals surface area contributed by atoms with Crippen LogP contribution in [0, 0.1) is 0 Å². The predicted molar refractivity (Wildman–Crippen MR) is 72.1 cm³/mol. The third-order valence-electron chi connectivity index (χ3n) is 2.68. The van der Waals surface area contributed by atoms with Crippen LogP contribution in [0.2, 0.25) is 5.02 Å². The summed E-state index contributed by atoms with van der Waals surface area (Å²) in [4.78, 5) is 12.0. The SMILES string of the molecule is CC(C)n1ccc(CC(=O)c2cccc(Cl)c2)n1. The van der Waals surface area contributed by atoms with Crippen molar-refractivity contribution in [1.29, 1.82) is 0 Å². The third-order valence-corrected chi connectivity index (χ3v) is 2.92. The lowest BCUT2D eigenvalue weighted by Crippen LogP contribution is -2.06. The normalized spacial score (nSPS) is 10.9. The lowest BCUT2D eigenvalue weighted by molar-refractivity contribution is 0.0991. The average molecular weight is 263 g/mol. The van der Waals surface area contributed by atoms with E-state index in [-0.39, 0.29) is 5.78 Å². The maximum atomic E-state index is 12.0. The molecule has 18 heavy (non-hydrogen) atoms. The summed E-state index contributed by atoms with van der Waals surface area (Å²) in [6.45, 7) is 4.10. The second-order valence-electron chi connectivity index (χ2n) is 4.49. The van der Waals surface area contributed by atoms with Crippen LogP contribution in [0.15, 0.2) is 36.5 Å². The maximum absolute atomic E-state index is 12.0. The van der Waals surface area contributed by atoms with Crippen LogP contribution in [-0.4, -0.2) is 15.6 Å². The second-order valence-corrected chi connectivity index (χ2v) is 4.93. The number of hydrogen-bond acceptors (Lipinski definition) is 2. The van der Waals surface area contributed by atoms with E-state index in [1.807, 2.05) is 16.9 Å². The number of nitrogens with zero attached hydrogens (tertiary/aromatic N) is 2. The zero-order valence-electron chi connectivity index (χ0n) is 10.4. The van der Waals surface area contributed by atoms with Gasteiger partial charge in [-0.15, -0.1) is 0 Å². The number of benzene rings is 1. The van der Waals surface area contributed by atoms with Gasteiger partial charge in [-0.05, 0) is 32.0 Å². The van der Waals surface area contributed by atoms with Gasteiger partial charge in [-0.25, -0.2) is 0 Å². The van der Waals surface area contributed by atoms with Gasteiger partial charge in [0.1, 0.15) is 0 Å². The first-order chi connectivity index (χ1) is 8.56. The van der Waals surface area contributed by atoms with Gasteiger partial charge in [-0.3, -0.25) is 9.48 Å². The van der Waals surface area contributed by atoms with E-state index in [4.69, 9.17) is 11.6 Å². The van der Waals surface area contributed by atoms with Gasteiger partial charge in [0.05, 0.1) is 12.1 Å². The Morgan fingerprint density at radius 2 is 2.17 bits per heavy atom. The number of ketones is 1. The molecule has 0 spiro atoms. The molecule has 0 fully saturated rings. The highest BCUT2D eigenvalue weighted by atomic mass is 35.5. The van der Waals surface area contributed by atoms with Crippen LogP contribution in [0.25, 0.3) is 0 Å². The van der Waals surface area contributed by atoms with Gasteiger partial charge in [0.15, 0.2) is 5.78 Å². The Morgan fingerprint density at radius 1 is 1.39 bits per heavy atom. The largest absolute Gasteiger partial charge is 0.294 e. The number of halogens is 1. The summed E-state index contributed by atoms with van der Waals surface area (Å²) in [7, 11) is 0. The number of carbonyl (C=O) groups excluding carboxylic acids is 1. The summed E-state index contributed by atoms with van der Waals surface area (Å²) in [5.74, 6) is 0.0338. The molecule has 0 saturated carbocycles. The van der Waals surface area contributed by atoms with Gasteiger partial charge in [-0.2, -0.15) is 5.10 Å². The minimum atomic E-state index is 0.0338. The zero-order valence-corrected chi connectivity index (χ0v) is 11.2. The molecule has 0 aliphatic rings. The molecule has 0 aliphatic heterocycles. The molecule has 0 N–H and O–H groups in total. The van der Waals surface area contributed by atoms with E-state index in [2.05, 4.69) is 18.9 Å². The number of aromatic nitrogens is 2. The van der Waals surface area contributed by atoms with Crippen molar-refractivity contribution in [2.24, 2.45) is 0 Å². The topological polar surface area (TPSA) is 34.9 Å². The van der Waals surface area contributed by atoms with E-state index in [1.54, 1.807) is 24.3 Å². The molecule has 0 bridgehead atoms. The van der Waals surface area contributed by atoms with Gasteiger partial charge < -0.3 is 0 Å². The summed E-state index contributed by atoms with van der Waals surface area (Å²) < 4.78 is 1.85. The molecular weight excluding hydrogens is 248 g/mol. The monoisotopic (exact) mass is 262 g/mol. The van der Waals surface area contributed by atoms with E-state index < -0.39 is 0 Å². The third kappa shape index (κ3) is 2.99. The number of Topliss-reactive ketones (excluding diaryl/α,β-unsaturated/α-hetero) is 1. The van der Waals surface area contributed by atoms with E-state index in [1.165, 1.54) is 0 Å². The molecule has 0 saturated heterocycles. The Balaban J connectivity index is 2.11. The molecule has 2 aromatic rings. The molecule has 0 atom stereocenters. The number of carbonyl (C=O) groups is 1. The molecule has 0 aliphatic carbocycles. The molecule has 3 nitrogen and oxygen atoms in total. The van der Waals surface area contributed by atoms with Gasteiger partial charge >= 0.3 is 0 Å². The summed E-state index contributed by atoms with van der Waals surface area (Å²) in [6, 6.07) is 9.17. The highest BCUT2D eigenvalue weighted by Crippen LogP contribution is 2.13. The highest BCUT2D eigenvalue weighted by Gasteiger charge is 2.10. The van der Waals surface area contributed by atoms with Gasteiger partial charge in [-0.1, -0.05) is 23.7 Å². The van der Waals surface area contributed by atoms with Crippen LogP contribution < -0.4 is 0 Å². The molecule has 0 radical (unpaired) electrons. The molecular formula is C14H15ClN2O. The average Bonchev–Trinajstić information content (AvgIpc) is 2.77. The van der Waals surface area contributed by atoms with Crippen molar-refractivity contribution in [3.63, 3.8) is 0 Å². The second kappa shape index (κ2) is 5.36. The molecule has 0 amide bonds. The fourth-order valence-electron chi connectivity index (χ4n) is 1.69. The zero-order chi connectivity index (χ0) is 13.1. The van der Waals surface area contributed by atoms with Crippen LogP contribution in [-0.2, 0) is 6.42 Å². The van der Waals surface area contributed by atoms with Crippen LogP contribution in [0.5, 0.6) is 0 Å². The molecule has 1 aromatic carbocycles. The summed E-state index contributed by atoms with van der Waals surface area (Å²) in [6.07, 6.45) is 2.20. The molecule has 0 unspecified atom stereocenters. The smallest absolute Gasteiger partial charge is 0.168 e. The Hall–Kier alpha value is -1.61. The first-order valence-electron chi connectivity index (χ1n) is 5.89. The van der Waals surface area contributed by atoms with Crippen molar-refractivity contribution in [2.45, 2.75) is 26.3 Å². The molecule has 1 heterocycles. The van der Waals surface area contributed by atoms with Crippen LogP contribution in [0.4, 0.5) is 0 Å². The van der Waals surface area contributed by atoms with Crippen LogP contribution in [0.1, 0.15) is 35.9 Å². The Bertz CT molecular complexity index is 560. The fraction of sp³-hybridized carbons (Fsp3) is 0.286. The summed E-state index contributed by atoms with van der Waals surface area (Å²) in [5.41, 5.74) is 1.41. The standard InChI is InChI=1S/C14H15ClN2O/c1-10(2)17-7-6-13(16-17)9-14(18)11-4-3-5-12(15)8-11/h3-8,10H,9H2,1-2H3. The Morgan fingerprint density at radius 3 is 2.78 bits per heavy atom. The Labute approximate surface area is 111 Å². The van der Waals surface area contributed by atoms with E-state index in [9.17, 15) is 4.79 Å². The van der Waals surface area contributed by atoms with E-state index in [0.717, 1.165) is 5.69 Å². The minimum Gasteiger partial charge on any atom is -0.294 e. The summed E-state index contributed by atoms with van der Waals surface area (Å²) in [5, 5.41) is 4.94. The molecule has 94 valence electrons. The lowest BCUT2D eigenvalue weighted by Gasteiger charge is -2.03. The van der Waals surface area contributed by atoms with Crippen molar-refractivity contribution in [3.05, 3.63) is 52.8 Å². The van der Waals surface area contributed by atoms with Crippen molar-refractivity contribution in [2.75, 3.05) is 0 Å². The number of hydrogen-bond donors (Lipinski definition) is 0. The highest BCUT2D eigenvalue weighted by molar-refractivity contribution is 6.31. The first kappa shape index (κ1) is 12.8. The lowest BCUT2D eigenvalue weighted by atomic mass is 10.1. The maximum Gasteiger partial charge on any atom is 0.168 e.